The van der Waals surface area contributed by atoms with Crippen molar-refractivity contribution in [2.45, 2.75) is 0 Å². The highest BCUT2D eigenvalue weighted by molar-refractivity contribution is 7.16. The maximum absolute atomic E-state index is 12.4. The van der Waals surface area contributed by atoms with Crippen LogP contribution in [0.25, 0.3) is 16.5 Å². The van der Waals surface area contributed by atoms with Gasteiger partial charge in [-0.15, -0.1) is 11.3 Å². The van der Waals surface area contributed by atoms with Gasteiger partial charge in [0.1, 0.15) is 5.75 Å². The Labute approximate surface area is 183 Å². The Kier molecular flexibility index (Phi) is 6.94. The van der Waals surface area contributed by atoms with E-state index in [-0.39, 0.29) is 24.0 Å². The van der Waals surface area contributed by atoms with Crippen molar-refractivity contribution in [2.75, 3.05) is 20.7 Å². The molecule has 1 heterocycles. The lowest BCUT2D eigenvalue weighted by Crippen LogP contribution is -2.27. The number of carbonyl (C=O) groups is 2. The number of para-hydroxylation sites is 1. The van der Waals surface area contributed by atoms with E-state index >= 15 is 0 Å². The van der Waals surface area contributed by atoms with Gasteiger partial charge in [-0.1, -0.05) is 12.1 Å². The first-order valence-corrected chi connectivity index (χ1v) is 10.2. The summed E-state index contributed by atoms with van der Waals surface area (Å²) in [5, 5.41) is 11.2. The van der Waals surface area contributed by atoms with E-state index in [1.807, 2.05) is 6.07 Å². The molecule has 2 aromatic carbocycles. The zero-order valence-corrected chi connectivity index (χ0v) is 17.8. The average molecular weight is 436 g/mol. The van der Waals surface area contributed by atoms with Gasteiger partial charge in [0.2, 0.25) is 0 Å². The summed E-state index contributed by atoms with van der Waals surface area (Å²) in [6.07, 6.45) is 3.14. The van der Waals surface area contributed by atoms with E-state index in [0.29, 0.717) is 16.9 Å². The first-order valence-electron chi connectivity index (χ1n) is 9.34. The number of rotatable bonds is 8. The highest BCUT2D eigenvalue weighted by Crippen LogP contribution is 2.35. The molecule has 0 aliphatic rings. The van der Waals surface area contributed by atoms with Crippen molar-refractivity contribution in [3.63, 3.8) is 0 Å². The van der Waals surface area contributed by atoms with Gasteiger partial charge in [0.05, 0.1) is 10.5 Å². The molecular weight excluding hydrogens is 416 g/mol. The van der Waals surface area contributed by atoms with Gasteiger partial charge in [-0.25, -0.2) is 0 Å². The predicted molar refractivity (Wildman–Crippen MR) is 120 cm³/mol. The first-order chi connectivity index (χ1) is 14.8. The summed E-state index contributed by atoms with van der Waals surface area (Å²) in [6.45, 7) is -0.0690. The molecule has 8 heteroatoms. The average Bonchev–Trinajstić information content (AvgIpc) is 3.25. The second kappa shape index (κ2) is 9.82. The number of nitro groups is 1. The molecule has 0 bridgehead atoms. The number of likely N-dealkylation sites (N-methyl/N-ethyl adjacent to an activating group) is 1. The standard InChI is InChI=1S/C23H20N2O5S/c1-24(2)23(27)15-30-17-9-7-16(8-10-17)21(26)13-11-18-12-14-22(31-18)19-5-3-4-6-20(19)25(28)29/h3-14H,15H2,1-2H3/b13-11+. The van der Waals surface area contributed by atoms with E-state index < -0.39 is 4.92 Å². The van der Waals surface area contributed by atoms with E-state index in [2.05, 4.69) is 0 Å². The molecule has 1 amide bonds. The van der Waals surface area contributed by atoms with Crippen molar-refractivity contribution >= 4 is 34.8 Å². The number of ketones is 1. The molecule has 0 atom stereocenters. The summed E-state index contributed by atoms with van der Waals surface area (Å²) in [5.74, 6) is 0.166. The molecule has 3 rings (SSSR count). The number of hydrogen-bond donors (Lipinski definition) is 0. The van der Waals surface area contributed by atoms with Crippen LogP contribution in [0.5, 0.6) is 5.75 Å². The topological polar surface area (TPSA) is 89.8 Å². The lowest BCUT2D eigenvalue weighted by atomic mass is 10.1. The SMILES string of the molecule is CN(C)C(=O)COc1ccc(C(=O)/C=C/c2ccc(-c3ccccc3[N+](=O)[O-])s2)cc1. The summed E-state index contributed by atoms with van der Waals surface area (Å²) in [4.78, 5) is 37.8. The summed E-state index contributed by atoms with van der Waals surface area (Å²) in [7, 11) is 3.30. The van der Waals surface area contributed by atoms with E-state index in [4.69, 9.17) is 4.74 Å². The maximum atomic E-state index is 12.4. The Morgan fingerprint density at radius 2 is 1.77 bits per heavy atom. The zero-order valence-electron chi connectivity index (χ0n) is 17.0. The Morgan fingerprint density at radius 3 is 2.45 bits per heavy atom. The van der Waals surface area contributed by atoms with Gasteiger partial charge in [0.25, 0.3) is 11.6 Å². The minimum Gasteiger partial charge on any atom is -0.484 e. The van der Waals surface area contributed by atoms with Gasteiger partial charge in [-0.3, -0.25) is 19.7 Å². The van der Waals surface area contributed by atoms with Crippen LogP contribution in [0.4, 0.5) is 5.69 Å². The van der Waals surface area contributed by atoms with E-state index in [0.717, 1.165) is 9.75 Å². The van der Waals surface area contributed by atoms with Crippen LogP contribution < -0.4 is 4.74 Å². The number of carbonyl (C=O) groups excluding carboxylic acids is 2. The second-order valence-corrected chi connectivity index (χ2v) is 7.89. The van der Waals surface area contributed by atoms with Crippen LogP contribution in [-0.4, -0.2) is 42.2 Å². The fourth-order valence-electron chi connectivity index (χ4n) is 2.67. The lowest BCUT2D eigenvalue weighted by Gasteiger charge is -2.11. The van der Waals surface area contributed by atoms with Crippen molar-refractivity contribution in [1.29, 1.82) is 0 Å². The number of amides is 1. The Hall–Kier alpha value is -3.78. The fraction of sp³-hybridized carbons (Fsp3) is 0.130. The van der Waals surface area contributed by atoms with Crippen molar-refractivity contribution in [3.05, 3.63) is 87.3 Å². The van der Waals surface area contributed by atoms with Gasteiger partial charge in [0, 0.05) is 35.5 Å². The third-order valence-electron chi connectivity index (χ3n) is 4.39. The number of thiophene rings is 1. The third kappa shape index (κ3) is 5.64. The largest absolute Gasteiger partial charge is 0.484 e. The highest BCUT2D eigenvalue weighted by atomic mass is 32.1. The fourth-order valence-corrected chi connectivity index (χ4v) is 3.62. The number of nitro benzene ring substituents is 1. The van der Waals surface area contributed by atoms with Gasteiger partial charge in [-0.2, -0.15) is 0 Å². The molecule has 0 N–H and O–H groups in total. The van der Waals surface area contributed by atoms with Crippen molar-refractivity contribution in [1.82, 2.24) is 4.90 Å². The highest BCUT2D eigenvalue weighted by Gasteiger charge is 2.15. The summed E-state index contributed by atoms with van der Waals surface area (Å²) >= 11 is 1.37. The molecule has 0 radical (unpaired) electrons. The van der Waals surface area contributed by atoms with Gasteiger partial charge in [0.15, 0.2) is 12.4 Å². The quantitative estimate of drug-likeness (QED) is 0.221. The number of benzene rings is 2. The summed E-state index contributed by atoms with van der Waals surface area (Å²) in [6, 6.07) is 16.7. The van der Waals surface area contributed by atoms with Crippen LogP contribution in [0, 0.1) is 10.1 Å². The molecule has 0 spiro atoms. The van der Waals surface area contributed by atoms with Gasteiger partial charge < -0.3 is 9.64 Å². The van der Waals surface area contributed by atoms with Crippen molar-refractivity contribution in [2.24, 2.45) is 0 Å². The molecule has 3 aromatic rings. The molecule has 1 aromatic heterocycles. The van der Waals surface area contributed by atoms with Crippen LogP contribution in [-0.2, 0) is 4.79 Å². The van der Waals surface area contributed by atoms with Crippen LogP contribution >= 0.6 is 11.3 Å². The number of nitrogens with zero attached hydrogens (tertiary/aromatic N) is 2. The number of ether oxygens (including phenoxy) is 1. The molecule has 31 heavy (non-hydrogen) atoms. The minimum atomic E-state index is -0.405. The lowest BCUT2D eigenvalue weighted by molar-refractivity contribution is -0.384. The summed E-state index contributed by atoms with van der Waals surface area (Å²) in [5.41, 5.74) is 1.08. The smallest absolute Gasteiger partial charge is 0.278 e. The molecule has 0 saturated carbocycles. The van der Waals surface area contributed by atoms with Crippen LogP contribution in [0.15, 0.2) is 66.7 Å². The molecule has 0 unspecified atom stereocenters. The molecule has 0 aliphatic heterocycles. The number of allylic oxidation sites excluding steroid dienone is 1. The zero-order chi connectivity index (χ0) is 22.4. The molecule has 0 fully saturated rings. The Balaban J connectivity index is 1.66. The molecule has 0 aliphatic carbocycles. The maximum Gasteiger partial charge on any atom is 0.278 e. The number of hydrogen-bond acceptors (Lipinski definition) is 6. The van der Waals surface area contributed by atoms with Gasteiger partial charge in [-0.05, 0) is 54.6 Å². The monoisotopic (exact) mass is 436 g/mol. The van der Waals surface area contributed by atoms with E-state index in [9.17, 15) is 19.7 Å². The van der Waals surface area contributed by atoms with Crippen LogP contribution in [0.1, 0.15) is 15.2 Å². The Morgan fingerprint density at radius 1 is 1.06 bits per heavy atom. The second-order valence-electron chi connectivity index (χ2n) is 6.78. The normalized spacial score (nSPS) is 10.8. The Bertz CT molecular complexity index is 1130. The third-order valence-corrected chi connectivity index (χ3v) is 5.48. The molecule has 0 saturated heterocycles. The van der Waals surface area contributed by atoms with Crippen LogP contribution in [0.3, 0.4) is 0 Å². The minimum absolute atomic E-state index is 0.0468. The van der Waals surface area contributed by atoms with Crippen LogP contribution in [0.2, 0.25) is 0 Å². The van der Waals surface area contributed by atoms with Crippen molar-refractivity contribution < 1.29 is 19.2 Å². The first kappa shape index (κ1) is 21.9. The van der Waals surface area contributed by atoms with Gasteiger partial charge >= 0.3 is 0 Å². The molecule has 7 nitrogen and oxygen atoms in total. The predicted octanol–water partition coefficient (Wildman–Crippen LogP) is 4.69. The summed E-state index contributed by atoms with van der Waals surface area (Å²) < 4.78 is 5.40. The van der Waals surface area contributed by atoms with Crippen molar-refractivity contribution in [3.8, 4) is 16.2 Å². The molecular formula is C23H20N2O5S. The van der Waals surface area contributed by atoms with E-state index in [1.165, 1.54) is 28.4 Å². The van der Waals surface area contributed by atoms with E-state index in [1.54, 1.807) is 68.7 Å². The molecule has 158 valence electrons.